The van der Waals surface area contributed by atoms with Crippen LogP contribution in [0, 0.1) is 17.8 Å². The molecule has 0 aromatic carbocycles. The molecule has 20 heavy (non-hydrogen) atoms. The first-order valence-corrected chi connectivity index (χ1v) is 7.53. The molecule has 1 saturated heterocycles. The highest BCUT2D eigenvalue weighted by atomic mass is 19.1. The van der Waals surface area contributed by atoms with Crippen molar-refractivity contribution in [3.8, 4) is 0 Å². The minimum absolute atomic E-state index is 0.126. The third-order valence-electron chi connectivity index (χ3n) is 4.66. The summed E-state index contributed by atoms with van der Waals surface area (Å²) in [5.74, 6) is -0.753. The lowest BCUT2D eigenvalue weighted by Crippen LogP contribution is -2.46. The lowest BCUT2D eigenvalue weighted by molar-refractivity contribution is -0.172. The van der Waals surface area contributed by atoms with Gasteiger partial charge in [-0.05, 0) is 30.6 Å². The van der Waals surface area contributed by atoms with Gasteiger partial charge in [-0.3, -0.25) is 4.79 Å². The summed E-state index contributed by atoms with van der Waals surface area (Å²) in [4.78, 5) is 23.5. The molecule has 1 N–H and O–H groups in total. The molecule has 1 amide bonds. The van der Waals surface area contributed by atoms with Crippen molar-refractivity contribution in [2.75, 3.05) is 6.54 Å². The van der Waals surface area contributed by atoms with Crippen molar-refractivity contribution in [3.63, 3.8) is 0 Å². The summed E-state index contributed by atoms with van der Waals surface area (Å²) in [6, 6.07) is 0. The molecule has 2 rings (SSSR count). The third-order valence-corrected chi connectivity index (χ3v) is 4.66. The molecule has 1 aliphatic heterocycles. The molecule has 0 spiro atoms. The average molecular weight is 285 g/mol. The van der Waals surface area contributed by atoms with Crippen molar-refractivity contribution in [1.82, 2.24) is 5.32 Å². The van der Waals surface area contributed by atoms with Crippen LogP contribution in [0.4, 0.5) is 4.39 Å². The Labute approximate surface area is 119 Å². The molecule has 114 valence electrons. The highest BCUT2D eigenvalue weighted by Gasteiger charge is 2.52. The van der Waals surface area contributed by atoms with E-state index in [1.165, 1.54) is 0 Å². The molecule has 1 heterocycles. The molecule has 0 radical (unpaired) electrons. The number of nitrogens with one attached hydrogen (secondary N) is 1. The van der Waals surface area contributed by atoms with E-state index >= 15 is 0 Å². The number of alkyl halides is 1. The van der Waals surface area contributed by atoms with Crippen LogP contribution in [-0.4, -0.2) is 30.2 Å². The van der Waals surface area contributed by atoms with Gasteiger partial charge >= 0.3 is 5.97 Å². The van der Waals surface area contributed by atoms with Crippen LogP contribution >= 0.6 is 0 Å². The maximum Gasteiger partial charge on any atom is 0.354 e. The molecule has 0 aromatic rings. The highest BCUT2D eigenvalue weighted by molar-refractivity contribution is 6.07. The smallest absolute Gasteiger partial charge is 0.354 e. The standard InChI is InChI=1S/C15H24FNO3/c1-9(2)11-5-4-10(3)8-12(11)20-14(19)15(16)6-7-17-13(15)18/h9-12H,4-8H2,1-3H3,(H,17,18)/t10-,11+,12-,15-/m0/s1. The number of hydrogen-bond donors (Lipinski definition) is 1. The highest BCUT2D eigenvalue weighted by Crippen LogP contribution is 2.36. The maximum atomic E-state index is 14.4. The first kappa shape index (κ1) is 15.3. The van der Waals surface area contributed by atoms with Crippen molar-refractivity contribution in [1.29, 1.82) is 0 Å². The van der Waals surface area contributed by atoms with Crippen LogP contribution in [0.1, 0.15) is 46.5 Å². The van der Waals surface area contributed by atoms with Crippen LogP contribution in [0.15, 0.2) is 0 Å². The quantitative estimate of drug-likeness (QED) is 0.639. The molecule has 0 unspecified atom stereocenters. The van der Waals surface area contributed by atoms with Crippen LogP contribution in [0.5, 0.6) is 0 Å². The summed E-state index contributed by atoms with van der Waals surface area (Å²) in [6.45, 7) is 6.49. The summed E-state index contributed by atoms with van der Waals surface area (Å²) in [5.41, 5.74) is -2.48. The summed E-state index contributed by atoms with van der Waals surface area (Å²) in [6.07, 6.45) is 2.46. The van der Waals surface area contributed by atoms with E-state index in [2.05, 4.69) is 26.1 Å². The molecule has 2 aliphatic rings. The first-order chi connectivity index (χ1) is 9.34. The Kier molecular flexibility index (Phi) is 4.35. The molecular weight excluding hydrogens is 261 g/mol. The number of esters is 1. The predicted molar refractivity (Wildman–Crippen MR) is 72.7 cm³/mol. The van der Waals surface area contributed by atoms with Crippen molar-refractivity contribution in [3.05, 3.63) is 0 Å². The molecule has 4 nitrogen and oxygen atoms in total. The van der Waals surface area contributed by atoms with E-state index in [0.717, 1.165) is 19.3 Å². The zero-order valence-electron chi connectivity index (χ0n) is 12.4. The number of hydrogen-bond acceptors (Lipinski definition) is 3. The van der Waals surface area contributed by atoms with Crippen LogP contribution in [0.2, 0.25) is 0 Å². The van der Waals surface area contributed by atoms with E-state index in [1.807, 2.05) is 0 Å². The van der Waals surface area contributed by atoms with Crippen molar-refractivity contribution in [2.45, 2.75) is 58.2 Å². The Hall–Kier alpha value is -1.13. The molecule has 1 saturated carbocycles. The van der Waals surface area contributed by atoms with E-state index in [9.17, 15) is 14.0 Å². The van der Waals surface area contributed by atoms with Gasteiger partial charge in [0.1, 0.15) is 6.10 Å². The fourth-order valence-corrected chi connectivity index (χ4v) is 3.28. The van der Waals surface area contributed by atoms with E-state index in [-0.39, 0.29) is 25.0 Å². The monoisotopic (exact) mass is 285 g/mol. The Balaban J connectivity index is 2.06. The predicted octanol–water partition coefficient (Wildman–Crippen LogP) is 2.22. The lowest BCUT2D eigenvalue weighted by Gasteiger charge is -2.37. The number of rotatable bonds is 3. The van der Waals surface area contributed by atoms with Gasteiger partial charge in [0.2, 0.25) is 0 Å². The van der Waals surface area contributed by atoms with Gasteiger partial charge in [0.05, 0.1) is 0 Å². The molecule has 0 aromatic heterocycles. The van der Waals surface area contributed by atoms with Gasteiger partial charge in [0.25, 0.3) is 11.6 Å². The Morgan fingerprint density at radius 2 is 2.15 bits per heavy atom. The largest absolute Gasteiger partial charge is 0.459 e. The number of carbonyl (C=O) groups excluding carboxylic acids is 2. The Morgan fingerprint density at radius 1 is 1.45 bits per heavy atom. The average Bonchev–Trinajstić information content (AvgIpc) is 2.70. The van der Waals surface area contributed by atoms with E-state index in [0.29, 0.717) is 11.8 Å². The molecule has 0 bridgehead atoms. The zero-order valence-corrected chi connectivity index (χ0v) is 12.4. The van der Waals surface area contributed by atoms with E-state index < -0.39 is 17.5 Å². The normalized spacial score (nSPS) is 37.9. The van der Waals surface area contributed by atoms with Gasteiger partial charge in [-0.1, -0.05) is 27.2 Å². The van der Waals surface area contributed by atoms with Gasteiger partial charge in [0.15, 0.2) is 0 Å². The summed E-state index contributed by atoms with van der Waals surface area (Å²) >= 11 is 0. The number of carbonyl (C=O) groups is 2. The van der Waals surface area contributed by atoms with Crippen LogP contribution in [-0.2, 0) is 14.3 Å². The second-order valence-corrected chi connectivity index (χ2v) is 6.58. The summed E-state index contributed by atoms with van der Waals surface area (Å²) < 4.78 is 19.8. The fourth-order valence-electron chi connectivity index (χ4n) is 3.28. The van der Waals surface area contributed by atoms with Crippen LogP contribution < -0.4 is 5.32 Å². The van der Waals surface area contributed by atoms with Gasteiger partial charge < -0.3 is 10.1 Å². The Morgan fingerprint density at radius 3 is 2.70 bits per heavy atom. The van der Waals surface area contributed by atoms with E-state index in [1.54, 1.807) is 0 Å². The van der Waals surface area contributed by atoms with E-state index in [4.69, 9.17) is 4.74 Å². The number of amides is 1. The maximum absolute atomic E-state index is 14.4. The molecule has 1 aliphatic carbocycles. The number of ether oxygens (including phenoxy) is 1. The number of halogens is 1. The van der Waals surface area contributed by atoms with Gasteiger partial charge in [0, 0.05) is 13.0 Å². The molecule has 5 heteroatoms. The SMILES string of the molecule is CC(C)[C@H]1CC[C@H](C)C[C@@H]1OC(=O)[C@]1(F)CCNC1=O. The van der Waals surface area contributed by atoms with Crippen LogP contribution in [0.3, 0.4) is 0 Å². The second-order valence-electron chi connectivity index (χ2n) is 6.58. The summed E-state index contributed by atoms with van der Waals surface area (Å²) in [5, 5.41) is 2.36. The van der Waals surface area contributed by atoms with Gasteiger partial charge in [-0.25, -0.2) is 9.18 Å². The summed E-state index contributed by atoms with van der Waals surface area (Å²) in [7, 11) is 0. The molecule has 4 atom stereocenters. The van der Waals surface area contributed by atoms with Crippen molar-refractivity contribution >= 4 is 11.9 Å². The minimum atomic E-state index is -2.48. The molecule has 2 fully saturated rings. The third kappa shape index (κ3) is 2.81. The van der Waals surface area contributed by atoms with Crippen molar-refractivity contribution < 1.29 is 18.7 Å². The first-order valence-electron chi connectivity index (χ1n) is 7.53. The second kappa shape index (κ2) is 5.70. The van der Waals surface area contributed by atoms with Crippen molar-refractivity contribution in [2.24, 2.45) is 17.8 Å². The van der Waals surface area contributed by atoms with Crippen LogP contribution in [0.25, 0.3) is 0 Å². The zero-order chi connectivity index (χ0) is 14.9. The topological polar surface area (TPSA) is 55.4 Å². The minimum Gasteiger partial charge on any atom is -0.459 e. The molecular formula is C15H24FNO3. The van der Waals surface area contributed by atoms with Gasteiger partial charge in [-0.15, -0.1) is 0 Å². The fraction of sp³-hybridized carbons (Fsp3) is 0.867. The lowest BCUT2D eigenvalue weighted by atomic mass is 9.75. The Bertz CT molecular complexity index is 399. The van der Waals surface area contributed by atoms with Gasteiger partial charge in [-0.2, -0.15) is 0 Å².